The van der Waals surface area contributed by atoms with Gasteiger partial charge in [0, 0.05) is 50.1 Å². The minimum Gasteiger partial charge on any atom is -0.392 e. The summed E-state index contributed by atoms with van der Waals surface area (Å²) in [5.74, 6) is 0.582. The molecule has 1 aromatic heterocycles. The SMILES string of the molecule is C=C(N/C(=C/NC)C(NC)N1CC(CN)C(C)(C)C1=O)C1=CCC(c2ccnc(C(C)C)c2)N1C. The van der Waals surface area contributed by atoms with Gasteiger partial charge in [-0.3, -0.25) is 15.1 Å². The highest BCUT2D eigenvalue weighted by Gasteiger charge is 2.49. The molecule has 8 heteroatoms. The predicted octanol–water partition coefficient (Wildman–Crippen LogP) is 2.62. The van der Waals surface area contributed by atoms with E-state index in [2.05, 4.69) is 71.5 Å². The van der Waals surface area contributed by atoms with Crippen LogP contribution < -0.4 is 21.7 Å². The van der Waals surface area contributed by atoms with E-state index in [1.807, 2.05) is 45.2 Å². The van der Waals surface area contributed by atoms with Gasteiger partial charge in [0.2, 0.25) is 5.91 Å². The molecule has 3 heterocycles. The fourth-order valence-electron chi connectivity index (χ4n) is 5.12. The Bertz CT molecular complexity index is 997. The molecule has 8 nitrogen and oxygen atoms in total. The summed E-state index contributed by atoms with van der Waals surface area (Å²) in [4.78, 5) is 21.9. The minimum absolute atomic E-state index is 0.0950. The molecule has 2 aliphatic rings. The number of amides is 1. The Morgan fingerprint density at radius 1 is 1.37 bits per heavy atom. The fraction of sp³-hybridized carbons (Fsp3) is 0.556. The fourth-order valence-corrected chi connectivity index (χ4v) is 5.12. The summed E-state index contributed by atoms with van der Waals surface area (Å²) in [6, 6.07) is 4.53. The summed E-state index contributed by atoms with van der Waals surface area (Å²) in [6.07, 6.45) is 6.56. The van der Waals surface area contributed by atoms with E-state index in [0.29, 0.717) is 19.0 Å². The molecule has 0 aromatic carbocycles. The van der Waals surface area contributed by atoms with Crippen molar-refractivity contribution < 1.29 is 4.79 Å². The van der Waals surface area contributed by atoms with Gasteiger partial charge in [0.1, 0.15) is 6.17 Å². The van der Waals surface area contributed by atoms with Crippen molar-refractivity contribution in [1.82, 2.24) is 30.7 Å². The van der Waals surface area contributed by atoms with E-state index in [0.717, 1.165) is 29.2 Å². The topological polar surface area (TPSA) is 98.5 Å². The number of rotatable bonds is 10. The van der Waals surface area contributed by atoms with Crippen LogP contribution in [0.15, 0.2) is 54.3 Å². The highest BCUT2D eigenvalue weighted by Crippen LogP contribution is 2.38. The maximum Gasteiger partial charge on any atom is 0.230 e. The second-order valence-electron chi connectivity index (χ2n) is 10.4. The van der Waals surface area contributed by atoms with E-state index < -0.39 is 5.41 Å². The summed E-state index contributed by atoms with van der Waals surface area (Å²) in [6.45, 7) is 13.7. The Morgan fingerprint density at radius 3 is 2.66 bits per heavy atom. The van der Waals surface area contributed by atoms with Gasteiger partial charge >= 0.3 is 0 Å². The number of likely N-dealkylation sites (tertiary alicyclic amines) is 1. The van der Waals surface area contributed by atoms with Gasteiger partial charge in [-0.15, -0.1) is 0 Å². The Balaban J connectivity index is 1.77. The number of carbonyl (C=O) groups excluding carboxylic acids is 1. The maximum absolute atomic E-state index is 13.3. The highest BCUT2D eigenvalue weighted by molar-refractivity contribution is 5.85. The van der Waals surface area contributed by atoms with Gasteiger partial charge in [-0.1, -0.05) is 40.3 Å². The van der Waals surface area contributed by atoms with Gasteiger partial charge in [0.05, 0.1) is 23.1 Å². The van der Waals surface area contributed by atoms with E-state index in [9.17, 15) is 4.79 Å². The first kappa shape index (κ1) is 26.8. The van der Waals surface area contributed by atoms with Gasteiger partial charge in [0.25, 0.3) is 0 Å². The normalized spacial score (nSPS) is 23.1. The van der Waals surface area contributed by atoms with Gasteiger partial charge in [-0.2, -0.15) is 0 Å². The quantitative estimate of drug-likeness (QED) is 0.408. The third-order valence-electron chi connectivity index (χ3n) is 7.48. The average Bonchev–Trinajstić information content (AvgIpc) is 3.31. The molecule has 0 saturated carbocycles. The van der Waals surface area contributed by atoms with Crippen molar-refractivity contribution in [3.8, 4) is 0 Å². The Hall–Kier alpha value is -2.84. The molecule has 0 bridgehead atoms. The minimum atomic E-state index is -0.494. The molecule has 35 heavy (non-hydrogen) atoms. The highest BCUT2D eigenvalue weighted by atomic mass is 16.2. The zero-order valence-corrected chi connectivity index (χ0v) is 22.4. The van der Waals surface area contributed by atoms with Crippen molar-refractivity contribution >= 4 is 5.91 Å². The largest absolute Gasteiger partial charge is 0.392 e. The van der Waals surface area contributed by atoms with Crippen LogP contribution in [-0.4, -0.2) is 61.1 Å². The van der Waals surface area contributed by atoms with Crippen LogP contribution in [0.25, 0.3) is 0 Å². The monoisotopic (exact) mass is 481 g/mol. The van der Waals surface area contributed by atoms with Gasteiger partial charge in [-0.05, 0) is 43.6 Å². The number of pyridine rings is 1. The summed E-state index contributed by atoms with van der Waals surface area (Å²) in [5.41, 5.74) is 10.5. The lowest BCUT2D eigenvalue weighted by Gasteiger charge is -2.33. The maximum atomic E-state index is 13.3. The molecule has 0 radical (unpaired) electrons. The van der Waals surface area contributed by atoms with Gasteiger partial charge < -0.3 is 26.2 Å². The number of carbonyl (C=O) groups is 1. The Kier molecular flexibility index (Phi) is 8.28. The van der Waals surface area contributed by atoms with Gasteiger partial charge in [-0.25, -0.2) is 0 Å². The Labute approximate surface area is 210 Å². The molecular formula is C27H43N7O. The zero-order valence-electron chi connectivity index (χ0n) is 22.4. The lowest BCUT2D eigenvalue weighted by molar-refractivity contribution is -0.136. The van der Waals surface area contributed by atoms with Crippen molar-refractivity contribution in [1.29, 1.82) is 0 Å². The number of likely N-dealkylation sites (N-methyl/N-ethyl adjacent to an activating group) is 2. The van der Waals surface area contributed by atoms with Crippen LogP contribution in [0, 0.1) is 11.3 Å². The van der Waals surface area contributed by atoms with Crippen molar-refractivity contribution in [2.24, 2.45) is 17.1 Å². The van der Waals surface area contributed by atoms with Crippen LogP contribution >= 0.6 is 0 Å². The van der Waals surface area contributed by atoms with Crippen molar-refractivity contribution in [2.75, 3.05) is 34.2 Å². The first-order valence-corrected chi connectivity index (χ1v) is 12.5. The molecule has 5 N–H and O–H groups in total. The molecule has 2 aliphatic heterocycles. The van der Waals surface area contributed by atoms with Crippen LogP contribution in [0.2, 0.25) is 0 Å². The zero-order chi connectivity index (χ0) is 25.9. The smallest absolute Gasteiger partial charge is 0.230 e. The first-order valence-electron chi connectivity index (χ1n) is 12.5. The van der Waals surface area contributed by atoms with Crippen molar-refractivity contribution in [3.63, 3.8) is 0 Å². The second-order valence-corrected chi connectivity index (χ2v) is 10.4. The van der Waals surface area contributed by atoms with E-state index in [-0.39, 0.29) is 24.0 Å². The Morgan fingerprint density at radius 2 is 2.09 bits per heavy atom. The third kappa shape index (κ3) is 5.23. The number of nitrogens with two attached hydrogens (primary N) is 1. The molecule has 3 atom stereocenters. The van der Waals surface area contributed by atoms with Crippen LogP contribution in [-0.2, 0) is 4.79 Å². The van der Waals surface area contributed by atoms with Gasteiger partial charge in [0.15, 0.2) is 0 Å². The van der Waals surface area contributed by atoms with E-state index in [1.54, 1.807) is 0 Å². The predicted molar refractivity (Wildman–Crippen MR) is 142 cm³/mol. The van der Waals surface area contributed by atoms with Crippen molar-refractivity contribution in [2.45, 2.75) is 52.2 Å². The lowest BCUT2D eigenvalue weighted by atomic mass is 9.81. The third-order valence-corrected chi connectivity index (χ3v) is 7.48. The van der Waals surface area contributed by atoms with E-state index in [1.165, 1.54) is 5.56 Å². The van der Waals surface area contributed by atoms with Crippen LogP contribution in [0.5, 0.6) is 0 Å². The van der Waals surface area contributed by atoms with Crippen LogP contribution in [0.4, 0.5) is 0 Å². The molecule has 1 aromatic rings. The van der Waals surface area contributed by atoms with Crippen LogP contribution in [0.1, 0.15) is 57.3 Å². The van der Waals surface area contributed by atoms with Crippen LogP contribution in [0.3, 0.4) is 0 Å². The first-order chi connectivity index (χ1) is 16.6. The number of nitrogens with one attached hydrogen (secondary N) is 3. The summed E-state index contributed by atoms with van der Waals surface area (Å²) < 4.78 is 0. The summed E-state index contributed by atoms with van der Waals surface area (Å²) >= 11 is 0. The summed E-state index contributed by atoms with van der Waals surface area (Å²) in [7, 11) is 5.81. The molecule has 0 spiro atoms. The number of hydrogen-bond acceptors (Lipinski definition) is 7. The molecule has 1 amide bonds. The molecule has 1 saturated heterocycles. The molecule has 0 aliphatic carbocycles. The molecule has 3 unspecified atom stereocenters. The number of aromatic nitrogens is 1. The molecular weight excluding hydrogens is 438 g/mol. The lowest BCUT2D eigenvalue weighted by Crippen LogP contribution is -2.50. The average molecular weight is 482 g/mol. The molecule has 192 valence electrons. The summed E-state index contributed by atoms with van der Waals surface area (Å²) in [5, 5.41) is 9.92. The van der Waals surface area contributed by atoms with Crippen molar-refractivity contribution in [3.05, 3.63) is 65.5 Å². The number of hydrogen-bond donors (Lipinski definition) is 4. The van der Waals surface area contributed by atoms with E-state index >= 15 is 0 Å². The standard InChI is InChI=1S/C27H43N7O/c1-17(2)21-13-19(11-12-31-21)24-10-9-23(33(24)8)18(3)32-22(15-29-6)25(30-7)34-16-20(14-28)27(4,5)26(34)35/h9,11-13,15,17,20,24-25,29-30,32H,3,10,14,16,28H2,1-2,4-8H3/b22-15+. The molecule has 1 fully saturated rings. The van der Waals surface area contributed by atoms with E-state index in [4.69, 9.17) is 5.73 Å². The molecule has 3 rings (SSSR count). The second kappa shape index (κ2) is 10.8. The number of nitrogens with zero attached hydrogens (tertiary/aromatic N) is 3.